The average Bonchev–Trinajstić information content (AvgIpc) is 3.42. The highest BCUT2D eigenvalue weighted by Gasteiger charge is 2.29. The Bertz CT molecular complexity index is 1250. The summed E-state index contributed by atoms with van der Waals surface area (Å²) in [6.07, 6.45) is 3.24. The van der Waals surface area contributed by atoms with Crippen LogP contribution in [0.25, 0.3) is 0 Å². The smallest absolute Gasteiger partial charge is 0.326 e. The maximum atomic E-state index is 13.1. The van der Waals surface area contributed by atoms with E-state index in [2.05, 4.69) is 25.9 Å². The summed E-state index contributed by atoms with van der Waals surface area (Å²) in [4.78, 5) is 57.2. The molecule has 0 saturated carbocycles. The van der Waals surface area contributed by atoms with Gasteiger partial charge in [-0.25, -0.2) is 9.78 Å². The predicted molar refractivity (Wildman–Crippen MR) is 141 cm³/mol. The van der Waals surface area contributed by atoms with Crippen molar-refractivity contribution >= 4 is 23.7 Å². The van der Waals surface area contributed by atoms with Crippen LogP contribution in [0.15, 0.2) is 67.1 Å². The van der Waals surface area contributed by atoms with Crippen LogP contribution >= 0.6 is 0 Å². The minimum absolute atomic E-state index is 0.0279. The van der Waals surface area contributed by atoms with Crippen LogP contribution in [0.4, 0.5) is 0 Å². The van der Waals surface area contributed by atoms with Gasteiger partial charge in [0.1, 0.15) is 23.9 Å². The van der Waals surface area contributed by atoms with Gasteiger partial charge >= 0.3 is 5.97 Å². The molecule has 12 nitrogen and oxygen atoms in total. The molecular formula is C27H32N6O6. The number of aromatic nitrogens is 2. The molecule has 4 atom stereocenters. The van der Waals surface area contributed by atoms with Gasteiger partial charge in [0.25, 0.3) is 0 Å². The second-order valence-electron chi connectivity index (χ2n) is 9.14. The number of carbonyl (C=O) groups excluding carboxylic acids is 3. The molecule has 8 N–H and O–H groups in total. The van der Waals surface area contributed by atoms with Crippen LogP contribution < -0.4 is 21.7 Å². The number of aromatic amines is 1. The number of nitrogens with zero attached hydrogens (tertiary/aromatic N) is 1. The molecule has 1 aromatic heterocycles. The van der Waals surface area contributed by atoms with E-state index in [1.54, 1.807) is 12.1 Å². The van der Waals surface area contributed by atoms with Crippen LogP contribution in [-0.2, 0) is 38.4 Å². The fraction of sp³-hybridized carbons (Fsp3) is 0.296. The average molecular weight is 537 g/mol. The number of phenolic OH excluding ortho intramolecular Hbond substituents is 1. The summed E-state index contributed by atoms with van der Waals surface area (Å²) in [5.74, 6) is -3.15. The van der Waals surface area contributed by atoms with Crippen molar-refractivity contribution in [3.8, 4) is 5.75 Å². The Hall–Kier alpha value is -4.71. The third-order valence-electron chi connectivity index (χ3n) is 5.99. The number of nitrogens with two attached hydrogens (primary N) is 1. The first kappa shape index (κ1) is 28.9. The van der Waals surface area contributed by atoms with Crippen molar-refractivity contribution in [1.29, 1.82) is 0 Å². The summed E-state index contributed by atoms with van der Waals surface area (Å²) < 4.78 is 0. The summed E-state index contributed by atoms with van der Waals surface area (Å²) in [6.45, 7) is 1.41. The van der Waals surface area contributed by atoms with E-state index in [9.17, 15) is 29.4 Å². The van der Waals surface area contributed by atoms with E-state index in [1.165, 1.54) is 31.6 Å². The fourth-order valence-corrected chi connectivity index (χ4v) is 3.81. The van der Waals surface area contributed by atoms with E-state index in [0.29, 0.717) is 11.3 Å². The second kappa shape index (κ2) is 13.7. The number of amides is 3. The second-order valence-corrected chi connectivity index (χ2v) is 9.14. The van der Waals surface area contributed by atoms with Crippen LogP contribution in [-0.4, -0.2) is 68.0 Å². The van der Waals surface area contributed by atoms with Crippen LogP contribution in [0.1, 0.15) is 23.7 Å². The number of H-pyrrole nitrogens is 1. The van der Waals surface area contributed by atoms with Gasteiger partial charge in [-0.3, -0.25) is 14.4 Å². The molecule has 0 aliphatic rings. The quantitative estimate of drug-likeness (QED) is 0.159. The molecule has 0 aliphatic carbocycles. The fourth-order valence-electron chi connectivity index (χ4n) is 3.81. The van der Waals surface area contributed by atoms with Crippen molar-refractivity contribution in [2.75, 3.05) is 0 Å². The molecule has 0 aliphatic heterocycles. The summed E-state index contributed by atoms with van der Waals surface area (Å²) >= 11 is 0. The van der Waals surface area contributed by atoms with Crippen LogP contribution in [0.5, 0.6) is 5.75 Å². The van der Waals surface area contributed by atoms with E-state index < -0.39 is 47.9 Å². The van der Waals surface area contributed by atoms with Gasteiger partial charge in [0, 0.05) is 24.7 Å². The van der Waals surface area contributed by atoms with Gasteiger partial charge in [-0.15, -0.1) is 0 Å². The van der Waals surface area contributed by atoms with Gasteiger partial charge in [-0.1, -0.05) is 42.5 Å². The first-order valence-corrected chi connectivity index (χ1v) is 12.3. The van der Waals surface area contributed by atoms with Crippen molar-refractivity contribution in [1.82, 2.24) is 25.9 Å². The Balaban J connectivity index is 1.63. The Labute approximate surface area is 225 Å². The number of aromatic hydroxyl groups is 1. The number of phenols is 1. The highest BCUT2D eigenvalue weighted by Crippen LogP contribution is 2.12. The molecular weight excluding hydrogens is 504 g/mol. The number of rotatable bonds is 13. The molecule has 0 spiro atoms. The molecule has 39 heavy (non-hydrogen) atoms. The molecule has 0 saturated heterocycles. The minimum Gasteiger partial charge on any atom is -0.508 e. The number of carboxylic acids is 1. The summed E-state index contributed by atoms with van der Waals surface area (Å²) in [6, 6.07) is 10.8. The van der Waals surface area contributed by atoms with Crippen molar-refractivity contribution in [3.63, 3.8) is 0 Å². The Morgan fingerprint density at radius 1 is 0.846 bits per heavy atom. The Morgan fingerprint density at radius 3 is 2.10 bits per heavy atom. The third-order valence-corrected chi connectivity index (χ3v) is 5.99. The third kappa shape index (κ3) is 8.97. The lowest BCUT2D eigenvalue weighted by Gasteiger charge is -2.23. The molecule has 4 unspecified atom stereocenters. The zero-order valence-electron chi connectivity index (χ0n) is 21.3. The van der Waals surface area contributed by atoms with E-state index in [4.69, 9.17) is 5.73 Å². The van der Waals surface area contributed by atoms with Gasteiger partial charge in [-0.2, -0.15) is 0 Å². The van der Waals surface area contributed by atoms with Gasteiger partial charge in [0.15, 0.2) is 0 Å². The van der Waals surface area contributed by atoms with Crippen molar-refractivity contribution in [3.05, 3.63) is 83.9 Å². The zero-order valence-corrected chi connectivity index (χ0v) is 21.3. The maximum absolute atomic E-state index is 13.1. The zero-order chi connectivity index (χ0) is 28.4. The maximum Gasteiger partial charge on any atom is 0.326 e. The molecule has 0 fully saturated rings. The number of nitrogens with one attached hydrogen (secondary N) is 4. The summed E-state index contributed by atoms with van der Waals surface area (Å²) in [7, 11) is 0. The van der Waals surface area contributed by atoms with Gasteiger partial charge in [0.2, 0.25) is 17.7 Å². The van der Waals surface area contributed by atoms with Crippen LogP contribution in [0, 0.1) is 0 Å². The highest BCUT2D eigenvalue weighted by atomic mass is 16.4. The largest absolute Gasteiger partial charge is 0.508 e. The number of hydrogen-bond donors (Lipinski definition) is 7. The molecule has 3 aromatic rings. The Morgan fingerprint density at radius 2 is 1.49 bits per heavy atom. The van der Waals surface area contributed by atoms with E-state index in [-0.39, 0.29) is 25.0 Å². The topological polar surface area (TPSA) is 200 Å². The lowest BCUT2D eigenvalue weighted by Crippen LogP contribution is -2.57. The molecule has 0 radical (unpaired) electrons. The number of imidazole rings is 1. The first-order valence-electron chi connectivity index (χ1n) is 12.3. The minimum atomic E-state index is -1.27. The van der Waals surface area contributed by atoms with E-state index in [0.717, 1.165) is 5.56 Å². The van der Waals surface area contributed by atoms with Crippen molar-refractivity contribution in [2.45, 2.75) is 50.4 Å². The Kier molecular flexibility index (Phi) is 10.2. The molecule has 2 aromatic carbocycles. The normalized spacial score (nSPS) is 13.9. The predicted octanol–water partition coefficient (Wildman–Crippen LogP) is 0.0294. The van der Waals surface area contributed by atoms with Gasteiger partial charge < -0.3 is 36.9 Å². The lowest BCUT2D eigenvalue weighted by atomic mass is 10.0. The van der Waals surface area contributed by atoms with Crippen LogP contribution in [0.3, 0.4) is 0 Å². The highest BCUT2D eigenvalue weighted by molar-refractivity contribution is 5.94. The molecule has 0 bridgehead atoms. The summed E-state index contributed by atoms with van der Waals surface area (Å²) in [5.41, 5.74) is 8.10. The standard InChI is InChI=1S/C27H32N6O6/c1-16(24(35)33-23(27(38)39)12-18-7-9-20(34)10-8-18)31-26(37)22(13-19-14-29-15-30-19)32-25(36)21(28)11-17-5-3-2-4-6-17/h2-10,14-16,21-23,34H,11-13,28H2,1H3,(H,29,30)(H,31,37)(H,32,36)(H,33,35)(H,38,39). The van der Waals surface area contributed by atoms with Crippen molar-refractivity contribution < 1.29 is 29.4 Å². The number of aliphatic carboxylic acids is 1. The van der Waals surface area contributed by atoms with Crippen LogP contribution in [0.2, 0.25) is 0 Å². The van der Waals surface area contributed by atoms with Gasteiger partial charge in [0.05, 0.1) is 12.4 Å². The SMILES string of the molecule is CC(NC(=O)C(Cc1cnc[nH]1)NC(=O)C(N)Cc1ccccc1)C(=O)NC(Cc1ccc(O)cc1)C(=O)O. The van der Waals surface area contributed by atoms with Gasteiger partial charge in [-0.05, 0) is 36.6 Å². The monoisotopic (exact) mass is 536 g/mol. The summed E-state index contributed by atoms with van der Waals surface area (Å²) in [5, 5.41) is 26.6. The first-order chi connectivity index (χ1) is 18.6. The number of carbonyl (C=O) groups is 4. The number of benzene rings is 2. The lowest BCUT2D eigenvalue weighted by molar-refractivity contribution is -0.142. The van der Waals surface area contributed by atoms with E-state index in [1.807, 2.05) is 30.3 Å². The van der Waals surface area contributed by atoms with Crippen molar-refractivity contribution in [2.24, 2.45) is 5.73 Å². The molecule has 1 heterocycles. The molecule has 206 valence electrons. The molecule has 12 heteroatoms. The number of carboxylic acid groups (broad SMARTS) is 1. The molecule has 3 rings (SSSR count). The number of hydrogen-bond acceptors (Lipinski definition) is 7. The molecule has 3 amide bonds. The van der Waals surface area contributed by atoms with E-state index >= 15 is 0 Å².